The van der Waals surface area contributed by atoms with Crippen LogP contribution in [0.15, 0.2) is 0 Å². The number of Topliss-reactive ketones (excluding diaryl/α,β-unsaturated/α-hetero) is 1. The Kier molecular flexibility index (Phi) is 1.73. The van der Waals surface area contributed by atoms with E-state index in [9.17, 15) is 4.79 Å². The minimum Gasteiger partial charge on any atom is -0.348 e. The number of carbonyl (C=O) groups excluding carboxylic acids is 1. The molecular weight excluding hydrogens is 156 g/mol. The van der Waals surface area contributed by atoms with E-state index in [1.807, 2.05) is 13.8 Å². The van der Waals surface area contributed by atoms with Crippen LogP contribution < -0.4 is 0 Å². The molecule has 0 aromatic heterocycles. The van der Waals surface area contributed by atoms with Crippen LogP contribution in [0.5, 0.6) is 0 Å². The first kappa shape index (κ1) is 8.20. The zero-order valence-corrected chi connectivity index (χ0v) is 7.50. The molecule has 12 heavy (non-hydrogen) atoms. The van der Waals surface area contributed by atoms with Gasteiger partial charge in [0.2, 0.25) is 0 Å². The second-order valence-electron chi connectivity index (χ2n) is 3.98. The Hall–Kier alpha value is -0.410. The molecule has 1 saturated carbocycles. The van der Waals surface area contributed by atoms with Gasteiger partial charge in [0.15, 0.2) is 5.79 Å². The zero-order valence-electron chi connectivity index (χ0n) is 7.50. The Labute approximate surface area is 72.0 Å². The molecule has 2 aliphatic rings. The van der Waals surface area contributed by atoms with Gasteiger partial charge < -0.3 is 9.47 Å². The predicted octanol–water partition coefficient (Wildman–Crippen LogP) is 1.12. The van der Waals surface area contributed by atoms with Crippen molar-refractivity contribution in [3.05, 3.63) is 0 Å². The van der Waals surface area contributed by atoms with Crippen molar-refractivity contribution in [2.45, 2.75) is 38.6 Å². The van der Waals surface area contributed by atoms with Crippen LogP contribution in [-0.2, 0) is 14.3 Å². The van der Waals surface area contributed by atoms with Gasteiger partial charge in [-0.05, 0) is 20.3 Å². The molecule has 0 unspecified atom stereocenters. The van der Waals surface area contributed by atoms with Crippen molar-refractivity contribution in [1.29, 1.82) is 0 Å². The second kappa shape index (κ2) is 2.54. The van der Waals surface area contributed by atoms with E-state index < -0.39 is 5.79 Å². The third-order valence-corrected chi connectivity index (χ3v) is 2.59. The maximum absolute atomic E-state index is 11.1. The fourth-order valence-electron chi connectivity index (χ4n) is 1.74. The van der Waals surface area contributed by atoms with Crippen molar-refractivity contribution in [2.24, 2.45) is 5.92 Å². The van der Waals surface area contributed by atoms with E-state index in [2.05, 4.69) is 0 Å². The van der Waals surface area contributed by atoms with E-state index in [-0.39, 0.29) is 12.0 Å². The summed E-state index contributed by atoms with van der Waals surface area (Å²) in [5, 5.41) is 0. The monoisotopic (exact) mass is 170 g/mol. The van der Waals surface area contributed by atoms with E-state index in [0.717, 1.165) is 12.8 Å². The Morgan fingerprint density at radius 1 is 1.50 bits per heavy atom. The average molecular weight is 170 g/mol. The van der Waals surface area contributed by atoms with Gasteiger partial charge in [-0.25, -0.2) is 0 Å². The summed E-state index contributed by atoms with van der Waals surface area (Å²) in [6.45, 7) is 4.34. The largest absolute Gasteiger partial charge is 0.348 e. The minimum absolute atomic E-state index is 0.0150. The molecule has 0 radical (unpaired) electrons. The summed E-state index contributed by atoms with van der Waals surface area (Å²) in [6, 6.07) is 0. The van der Waals surface area contributed by atoms with Crippen molar-refractivity contribution in [1.82, 2.24) is 0 Å². The van der Waals surface area contributed by atoms with Gasteiger partial charge in [0, 0.05) is 12.3 Å². The topological polar surface area (TPSA) is 35.5 Å². The molecule has 1 aliphatic heterocycles. The first-order valence-corrected chi connectivity index (χ1v) is 4.43. The van der Waals surface area contributed by atoms with Crippen molar-refractivity contribution in [3.63, 3.8) is 0 Å². The van der Waals surface area contributed by atoms with Gasteiger partial charge in [0.1, 0.15) is 5.78 Å². The summed E-state index contributed by atoms with van der Waals surface area (Å²) in [4.78, 5) is 11.1. The van der Waals surface area contributed by atoms with E-state index in [1.165, 1.54) is 0 Å². The van der Waals surface area contributed by atoms with Crippen LogP contribution in [0, 0.1) is 5.92 Å². The van der Waals surface area contributed by atoms with Crippen LogP contribution in [0.1, 0.15) is 26.7 Å². The molecule has 1 aliphatic carbocycles. The van der Waals surface area contributed by atoms with Gasteiger partial charge in [-0.2, -0.15) is 0 Å². The molecule has 0 aromatic carbocycles. The third kappa shape index (κ3) is 1.27. The van der Waals surface area contributed by atoms with Crippen molar-refractivity contribution < 1.29 is 14.3 Å². The quantitative estimate of drug-likeness (QED) is 0.591. The number of rotatable bonds is 1. The highest BCUT2D eigenvalue weighted by Gasteiger charge is 2.43. The molecule has 1 heterocycles. The van der Waals surface area contributed by atoms with Crippen LogP contribution in [-0.4, -0.2) is 24.3 Å². The lowest BCUT2D eigenvalue weighted by molar-refractivity contribution is -0.155. The van der Waals surface area contributed by atoms with Crippen molar-refractivity contribution in [2.75, 3.05) is 6.61 Å². The number of carbonyl (C=O) groups is 1. The maximum atomic E-state index is 11.1. The van der Waals surface area contributed by atoms with Gasteiger partial charge in [0.05, 0.1) is 12.7 Å². The highest BCUT2D eigenvalue weighted by Crippen LogP contribution is 2.34. The Morgan fingerprint density at radius 3 is 2.58 bits per heavy atom. The summed E-state index contributed by atoms with van der Waals surface area (Å²) in [6.07, 6.45) is 1.72. The summed E-state index contributed by atoms with van der Waals surface area (Å²) in [5.41, 5.74) is 0. The molecule has 0 N–H and O–H groups in total. The molecule has 0 spiro atoms. The zero-order chi connectivity index (χ0) is 8.77. The van der Waals surface area contributed by atoms with Crippen LogP contribution in [0.3, 0.4) is 0 Å². The summed E-state index contributed by atoms with van der Waals surface area (Å²) >= 11 is 0. The Balaban J connectivity index is 1.95. The highest BCUT2D eigenvalue weighted by atomic mass is 16.7. The maximum Gasteiger partial charge on any atom is 0.163 e. The van der Waals surface area contributed by atoms with Gasteiger partial charge >= 0.3 is 0 Å². The van der Waals surface area contributed by atoms with E-state index in [4.69, 9.17) is 9.47 Å². The molecule has 2 atom stereocenters. The fraction of sp³-hybridized carbons (Fsp3) is 0.889. The molecule has 0 amide bonds. The van der Waals surface area contributed by atoms with E-state index in [1.54, 1.807) is 0 Å². The minimum atomic E-state index is -0.486. The molecule has 68 valence electrons. The lowest BCUT2D eigenvalue weighted by Crippen LogP contribution is -2.38. The standard InChI is InChI=1S/C9H14O3/c1-9(2)11-5-8(12-9)6-3-4-7(6)10/h6,8H,3-5H2,1-2H3/t6-,8-/m1/s1. The van der Waals surface area contributed by atoms with E-state index >= 15 is 0 Å². The normalized spacial score (nSPS) is 39.7. The fourth-order valence-corrected chi connectivity index (χ4v) is 1.74. The highest BCUT2D eigenvalue weighted by molar-refractivity contribution is 5.86. The van der Waals surface area contributed by atoms with Gasteiger partial charge in [-0.3, -0.25) is 4.79 Å². The molecule has 0 aromatic rings. The lowest BCUT2D eigenvalue weighted by atomic mass is 9.80. The van der Waals surface area contributed by atoms with Gasteiger partial charge in [0.25, 0.3) is 0 Å². The summed E-state index contributed by atoms with van der Waals surface area (Å²) in [7, 11) is 0. The molecular formula is C9H14O3. The first-order chi connectivity index (χ1) is 5.58. The van der Waals surface area contributed by atoms with Crippen LogP contribution in [0.2, 0.25) is 0 Å². The predicted molar refractivity (Wildman–Crippen MR) is 42.6 cm³/mol. The molecule has 1 saturated heterocycles. The van der Waals surface area contributed by atoms with Gasteiger partial charge in [-0.15, -0.1) is 0 Å². The molecule has 2 rings (SSSR count). The Bertz CT molecular complexity index is 210. The van der Waals surface area contributed by atoms with E-state index in [0.29, 0.717) is 12.4 Å². The number of ether oxygens (including phenoxy) is 2. The molecule has 2 fully saturated rings. The molecule has 3 nitrogen and oxygen atoms in total. The van der Waals surface area contributed by atoms with Crippen molar-refractivity contribution >= 4 is 5.78 Å². The van der Waals surface area contributed by atoms with Gasteiger partial charge in [-0.1, -0.05) is 0 Å². The number of hydrogen-bond donors (Lipinski definition) is 0. The van der Waals surface area contributed by atoms with Crippen LogP contribution >= 0.6 is 0 Å². The average Bonchev–Trinajstić information content (AvgIpc) is 2.27. The summed E-state index contributed by atoms with van der Waals surface area (Å²) in [5.74, 6) is -0.0337. The van der Waals surface area contributed by atoms with Crippen LogP contribution in [0.4, 0.5) is 0 Å². The number of ketones is 1. The van der Waals surface area contributed by atoms with Crippen LogP contribution in [0.25, 0.3) is 0 Å². The smallest absolute Gasteiger partial charge is 0.163 e. The first-order valence-electron chi connectivity index (χ1n) is 4.43. The Morgan fingerprint density at radius 2 is 2.25 bits per heavy atom. The second-order valence-corrected chi connectivity index (χ2v) is 3.98. The SMILES string of the molecule is CC1(C)OC[C@H]([C@@H]2CCC2=O)O1. The summed E-state index contributed by atoms with van der Waals surface area (Å²) < 4.78 is 11.0. The molecule has 3 heteroatoms. The number of hydrogen-bond acceptors (Lipinski definition) is 3. The van der Waals surface area contributed by atoms with Crippen molar-refractivity contribution in [3.8, 4) is 0 Å². The lowest BCUT2D eigenvalue weighted by Gasteiger charge is -2.29. The third-order valence-electron chi connectivity index (χ3n) is 2.59. The molecule has 0 bridgehead atoms.